The van der Waals surface area contributed by atoms with Crippen LogP contribution in [0.4, 0.5) is 0 Å². The minimum atomic E-state index is 0.363. The van der Waals surface area contributed by atoms with E-state index in [9.17, 15) is 0 Å². The number of hydrogen-bond acceptors (Lipinski definition) is 2. The van der Waals surface area contributed by atoms with E-state index in [1.54, 1.807) is 0 Å². The molecule has 1 aromatic rings. The monoisotopic (exact) mass is 221 g/mol. The summed E-state index contributed by atoms with van der Waals surface area (Å²) < 4.78 is 2.26. The summed E-state index contributed by atoms with van der Waals surface area (Å²) in [5, 5.41) is 3.71. The summed E-state index contributed by atoms with van der Waals surface area (Å²) in [6.45, 7) is 7.92. The van der Waals surface area contributed by atoms with E-state index in [4.69, 9.17) is 0 Å². The summed E-state index contributed by atoms with van der Waals surface area (Å²) in [5.74, 6) is 0. The Kier molecular flexibility index (Phi) is 3.33. The van der Waals surface area contributed by atoms with Crippen molar-refractivity contribution in [1.29, 1.82) is 0 Å². The molecule has 2 rings (SSSR count). The number of aromatic nitrogens is 2. The summed E-state index contributed by atoms with van der Waals surface area (Å²) in [7, 11) is 0. The van der Waals surface area contributed by atoms with Crippen molar-refractivity contribution in [2.24, 2.45) is 5.41 Å². The zero-order valence-corrected chi connectivity index (χ0v) is 10.6. The fourth-order valence-corrected chi connectivity index (χ4v) is 2.44. The topological polar surface area (TPSA) is 29.9 Å². The second kappa shape index (κ2) is 4.58. The molecule has 1 aliphatic carbocycles. The second-order valence-electron chi connectivity index (χ2n) is 6.06. The number of rotatable bonds is 3. The van der Waals surface area contributed by atoms with Gasteiger partial charge in [0.15, 0.2) is 0 Å². The zero-order chi connectivity index (χ0) is 11.6. The molecule has 0 bridgehead atoms. The van der Waals surface area contributed by atoms with Gasteiger partial charge < -0.3 is 9.88 Å². The van der Waals surface area contributed by atoms with E-state index in [0.717, 1.165) is 6.54 Å². The molecule has 0 spiro atoms. The summed E-state index contributed by atoms with van der Waals surface area (Å²) in [4.78, 5) is 4.15. The van der Waals surface area contributed by atoms with Gasteiger partial charge in [0.05, 0.1) is 6.33 Å². The first-order valence-electron chi connectivity index (χ1n) is 6.27. The van der Waals surface area contributed by atoms with Gasteiger partial charge >= 0.3 is 0 Å². The number of hydrogen-bond donors (Lipinski definition) is 1. The van der Waals surface area contributed by atoms with Crippen LogP contribution in [-0.2, 0) is 0 Å². The van der Waals surface area contributed by atoms with Gasteiger partial charge in [-0.15, -0.1) is 0 Å². The van der Waals surface area contributed by atoms with Crippen molar-refractivity contribution in [1.82, 2.24) is 14.9 Å². The molecule has 1 aromatic heterocycles. The number of imidazole rings is 1. The second-order valence-corrected chi connectivity index (χ2v) is 6.06. The number of nitrogens with one attached hydrogen (secondary N) is 1. The zero-order valence-electron chi connectivity index (χ0n) is 10.6. The highest BCUT2D eigenvalue weighted by atomic mass is 15.1. The third kappa shape index (κ3) is 2.85. The van der Waals surface area contributed by atoms with Crippen molar-refractivity contribution in [3.63, 3.8) is 0 Å². The highest BCUT2D eigenvalue weighted by molar-refractivity contribution is 4.92. The lowest BCUT2D eigenvalue weighted by atomic mass is 9.96. The maximum absolute atomic E-state index is 4.15. The van der Waals surface area contributed by atoms with Crippen LogP contribution >= 0.6 is 0 Å². The molecule has 3 heteroatoms. The molecule has 1 heterocycles. The summed E-state index contributed by atoms with van der Waals surface area (Å²) in [5.41, 5.74) is 0.363. The normalized spacial score (nSPS) is 26.2. The molecular weight excluding hydrogens is 198 g/mol. The maximum atomic E-state index is 4.15. The van der Waals surface area contributed by atoms with Crippen molar-refractivity contribution in [2.45, 2.75) is 52.1 Å². The van der Waals surface area contributed by atoms with E-state index >= 15 is 0 Å². The molecule has 0 radical (unpaired) electrons. The predicted molar refractivity (Wildman–Crippen MR) is 66.4 cm³/mol. The molecule has 0 aliphatic heterocycles. The van der Waals surface area contributed by atoms with Gasteiger partial charge in [-0.1, -0.05) is 20.8 Å². The average Bonchev–Trinajstić information content (AvgIpc) is 2.84. The van der Waals surface area contributed by atoms with E-state index in [2.05, 4.69) is 41.8 Å². The maximum Gasteiger partial charge on any atom is 0.0949 e. The van der Waals surface area contributed by atoms with E-state index in [1.807, 2.05) is 12.5 Å². The molecule has 2 unspecified atom stereocenters. The number of nitrogens with zero attached hydrogens (tertiary/aromatic N) is 2. The van der Waals surface area contributed by atoms with Gasteiger partial charge in [-0.05, 0) is 24.7 Å². The lowest BCUT2D eigenvalue weighted by Crippen LogP contribution is -2.38. The Morgan fingerprint density at radius 1 is 1.38 bits per heavy atom. The molecule has 2 atom stereocenters. The van der Waals surface area contributed by atoms with Crippen LogP contribution in [0.5, 0.6) is 0 Å². The Labute approximate surface area is 98.3 Å². The summed E-state index contributed by atoms with van der Waals surface area (Å²) >= 11 is 0. The summed E-state index contributed by atoms with van der Waals surface area (Å²) in [6, 6.07) is 1.22. The Bertz CT molecular complexity index is 310. The molecule has 0 aromatic carbocycles. The molecule has 0 amide bonds. The van der Waals surface area contributed by atoms with Gasteiger partial charge in [0.1, 0.15) is 0 Å². The quantitative estimate of drug-likeness (QED) is 0.850. The first-order valence-corrected chi connectivity index (χ1v) is 6.27. The largest absolute Gasteiger partial charge is 0.333 e. The molecule has 1 N–H and O–H groups in total. The first kappa shape index (κ1) is 11.6. The smallest absolute Gasteiger partial charge is 0.0949 e. The SMILES string of the molecule is CC(C)(C)CNC1CCCC1n1ccnc1. The van der Waals surface area contributed by atoms with Gasteiger partial charge in [-0.3, -0.25) is 0 Å². The third-order valence-electron chi connectivity index (χ3n) is 3.28. The van der Waals surface area contributed by atoms with Gasteiger partial charge in [0.25, 0.3) is 0 Å². The molecule has 0 saturated heterocycles. The fraction of sp³-hybridized carbons (Fsp3) is 0.769. The molecule has 1 fully saturated rings. The van der Waals surface area contributed by atoms with E-state index in [-0.39, 0.29) is 0 Å². The van der Waals surface area contributed by atoms with Crippen molar-refractivity contribution >= 4 is 0 Å². The van der Waals surface area contributed by atoms with Gasteiger partial charge in [-0.2, -0.15) is 0 Å². The average molecular weight is 221 g/mol. The standard InChI is InChI=1S/C13H23N3/c1-13(2,3)9-15-11-5-4-6-12(11)16-8-7-14-10-16/h7-8,10-12,15H,4-6,9H2,1-3H3. The summed E-state index contributed by atoms with van der Waals surface area (Å²) in [6.07, 6.45) is 9.80. The van der Waals surface area contributed by atoms with E-state index in [1.165, 1.54) is 19.3 Å². The lowest BCUT2D eigenvalue weighted by molar-refractivity contribution is 0.316. The van der Waals surface area contributed by atoms with Gasteiger partial charge in [-0.25, -0.2) is 4.98 Å². The van der Waals surface area contributed by atoms with Crippen molar-refractivity contribution in [3.8, 4) is 0 Å². The van der Waals surface area contributed by atoms with Crippen LogP contribution in [-0.4, -0.2) is 22.1 Å². The molecular formula is C13H23N3. The lowest BCUT2D eigenvalue weighted by Gasteiger charge is -2.26. The van der Waals surface area contributed by atoms with Crippen LogP contribution in [0.2, 0.25) is 0 Å². The first-order chi connectivity index (χ1) is 7.56. The van der Waals surface area contributed by atoms with Crippen LogP contribution in [0.3, 0.4) is 0 Å². The van der Waals surface area contributed by atoms with Crippen LogP contribution < -0.4 is 5.32 Å². The van der Waals surface area contributed by atoms with Crippen molar-refractivity contribution in [3.05, 3.63) is 18.7 Å². The molecule has 1 aliphatic rings. The Balaban J connectivity index is 1.94. The van der Waals surface area contributed by atoms with Crippen LogP contribution in [0.15, 0.2) is 18.7 Å². The Morgan fingerprint density at radius 3 is 2.81 bits per heavy atom. The Hall–Kier alpha value is -0.830. The van der Waals surface area contributed by atoms with Gasteiger partial charge in [0.2, 0.25) is 0 Å². The van der Waals surface area contributed by atoms with Crippen LogP contribution in [0, 0.1) is 5.41 Å². The highest BCUT2D eigenvalue weighted by Gasteiger charge is 2.28. The van der Waals surface area contributed by atoms with E-state index < -0.39 is 0 Å². The fourth-order valence-electron chi connectivity index (χ4n) is 2.44. The Morgan fingerprint density at radius 2 is 2.19 bits per heavy atom. The minimum absolute atomic E-state index is 0.363. The minimum Gasteiger partial charge on any atom is -0.333 e. The third-order valence-corrected chi connectivity index (χ3v) is 3.28. The van der Waals surface area contributed by atoms with Gasteiger partial charge in [0, 0.05) is 31.0 Å². The molecule has 1 saturated carbocycles. The highest BCUT2D eigenvalue weighted by Crippen LogP contribution is 2.30. The van der Waals surface area contributed by atoms with Crippen LogP contribution in [0.1, 0.15) is 46.1 Å². The molecule has 16 heavy (non-hydrogen) atoms. The van der Waals surface area contributed by atoms with E-state index in [0.29, 0.717) is 17.5 Å². The van der Waals surface area contributed by atoms with Crippen LogP contribution in [0.25, 0.3) is 0 Å². The van der Waals surface area contributed by atoms with Crippen molar-refractivity contribution in [2.75, 3.05) is 6.54 Å². The molecule has 3 nitrogen and oxygen atoms in total. The molecule has 90 valence electrons. The predicted octanol–water partition coefficient (Wildman–Crippen LogP) is 2.61. The van der Waals surface area contributed by atoms with Crippen molar-refractivity contribution < 1.29 is 0 Å².